The number of ether oxygens (including phenoxy) is 2. The Balaban J connectivity index is 1.96. The molecule has 0 bridgehead atoms. The van der Waals surface area contributed by atoms with Crippen LogP contribution in [0.4, 0.5) is 4.39 Å². The third kappa shape index (κ3) is 4.08. The third-order valence-electron chi connectivity index (χ3n) is 5.37. The smallest absolute Gasteiger partial charge is 0.281 e. The number of hydrogen-bond acceptors (Lipinski definition) is 4. The average Bonchev–Trinajstić information content (AvgIpc) is 2.74. The number of methoxy groups -OCH3 is 1. The van der Waals surface area contributed by atoms with Crippen LogP contribution in [0.5, 0.6) is 17.2 Å². The second kappa shape index (κ2) is 8.11. The van der Waals surface area contributed by atoms with Crippen molar-refractivity contribution in [1.82, 2.24) is 9.97 Å². The molecule has 3 aromatic carbocycles. The van der Waals surface area contributed by atoms with E-state index in [-0.39, 0.29) is 16.7 Å². The van der Waals surface area contributed by atoms with E-state index in [0.29, 0.717) is 33.8 Å². The second-order valence-corrected chi connectivity index (χ2v) is 8.75. The minimum absolute atomic E-state index is 0.140. The Labute approximate surface area is 185 Å². The highest BCUT2D eigenvalue weighted by molar-refractivity contribution is 5.81. The van der Waals surface area contributed by atoms with Gasteiger partial charge in [0.1, 0.15) is 17.4 Å². The number of aromatic amines is 1. The topological polar surface area (TPSA) is 64.2 Å². The molecule has 0 saturated carbocycles. The van der Waals surface area contributed by atoms with Crippen molar-refractivity contribution in [2.75, 3.05) is 7.11 Å². The molecule has 1 heterocycles. The molecular weight excluding hydrogens is 407 g/mol. The lowest BCUT2D eigenvalue weighted by atomic mass is 9.85. The number of aromatic nitrogens is 2. The molecule has 0 amide bonds. The first-order valence-electron chi connectivity index (χ1n) is 10.3. The normalized spacial score (nSPS) is 11.6. The Bertz CT molecular complexity index is 1370. The van der Waals surface area contributed by atoms with Crippen LogP contribution < -0.4 is 15.0 Å². The van der Waals surface area contributed by atoms with Crippen LogP contribution in [0.1, 0.15) is 31.9 Å². The van der Waals surface area contributed by atoms with Gasteiger partial charge in [-0.3, -0.25) is 4.79 Å². The van der Waals surface area contributed by atoms with Crippen LogP contribution in [0.15, 0.2) is 59.4 Å². The molecule has 0 aliphatic carbocycles. The zero-order valence-corrected chi connectivity index (χ0v) is 18.7. The van der Waals surface area contributed by atoms with E-state index in [9.17, 15) is 9.18 Å². The molecule has 1 aromatic heterocycles. The standard InChI is InChI=1S/C26H25FN2O3/c1-15-12-16(26(2,3)4)13-22(32-20-11-10-17(27)14-21(20)31-5)23(15)24-28-19-9-7-6-8-18(19)25(30)29-24/h6-14H,1-5H3,(H,28,29,30). The number of nitrogens with zero attached hydrogens (tertiary/aromatic N) is 1. The highest BCUT2D eigenvalue weighted by Crippen LogP contribution is 2.41. The molecule has 0 saturated heterocycles. The number of rotatable bonds is 4. The van der Waals surface area contributed by atoms with E-state index >= 15 is 0 Å². The number of aryl methyl sites for hydroxylation is 1. The first-order valence-corrected chi connectivity index (χ1v) is 10.3. The van der Waals surface area contributed by atoms with Crippen LogP contribution in [0, 0.1) is 12.7 Å². The van der Waals surface area contributed by atoms with Crippen molar-refractivity contribution in [1.29, 1.82) is 0 Å². The molecule has 1 N–H and O–H groups in total. The quantitative estimate of drug-likeness (QED) is 0.421. The Morgan fingerprint density at radius 3 is 2.44 bits per heavy atom. The van der Waals surface area contributed by atoms with E-state index in [1.165, 1.54) is 25.3 Å². The average molecular weight is 432 g/mol. The lowest BCUT2D eigenvalue weighted by molar-refractivity contribution is 0.375. The number of nitrogens with one attached hydrogen (secondary N) is 1. The fourth-order valence-corrected chi connectivity index (χ4v) is 3.63. The van der Waals surface area contributed by atoms with E-state index < -0.39 is 5.82 Å². The summed E-state index contributed by atoms with van der Waals surface area (Å²) in [5, 5.41) is 0.517. The van der Waals surface area contributed by atoms with Gasteiger partial charge in [-0.05, 0) is 53.8 Å². The highest BCUT2D eigenvalue weighted by Gasteiger charge is 2.22. The monoisotopic (exact) mass is 432 g/mol. The van der Waals surface area contributed by atoms with Crippen molar-refractivity contribution < 1.29 is 13.9 Å². The first kappa shape index (κ1) is 21.6. The summed E-state index contributed by atoms with van der Waals surface area (Å²) in [6, 6.07) is 15.3. The lowest BCUT2D eigenvalue weighted by Crippen LogP contribution is -2.13. The van der Waals surface area contributed by atoms with Crippen molar-refractivity contribution >= 4 is 10.9 Å². The molecule has 0 unspecified atom stereocenters. The second-order valence-electron chi connectivity index (χ2n) is 8.75. The summed E-state index contributed by atoms with van der Waals surface area (Å²) >= 11 is 0. The Hall–Kier alpha value is -3.67. The Morgan fingerprint density at radius 1 is 0.969 bits per heavy atom. The van der Waals surface area contributed by atoms with Crippen LogP contribution in [-0.4, -0.2) is 17.1 Å². The van der Waals surface area contributed by atoms with Gasteiger partial charge in [-0.2, -0.15) is 4.98 Å². The molecule has 0 aliphatic rings. The number of H-pyrrole nitrogens is 1. The maximum absolute atomic E-state index is 13.7. The zero-order valence-electron chi connectivity index (χ0n) is 18.7. The molecule has 4 rings (SSSR count). The molecule has 0 spiro atoms. The van der Waals surface area contributed by atoms with Gasteiger partial charge < -0.3 is 14.5 Å². The van der Waals surface area contributed by atoms with Crippen LogP contribution >= 0.6 is 0 Å². The number of para-hydroxylation sites is 1. The van der Waals surface area contributed by atoms with Crippen LogP contribution in [-0.2, 0) is 5.41 Å². The maximum atomic E-state index is 13.7. The lowest BCUT2D eigenvalue weighted by Gasteiger charge is -2.23. The van der Waals surface area contributed by atoms with Crippen molar-refractivity contribution in [2.45, 2.75) is 33.1 Å². The minimum atomic E-state index is -0.422. The van der Waals surface area contributed by atoms with Crippen LogP contribution in [0.2, 0.25) is 0 Å². The molecule has 0 atom stereocenters. The fraction of sp³-hybridized carbons (Fsp3) is 0.231. The fourth-order valence-electron chi connectivity index (χ4n) is 3.63. The number of hydrogen-bond donors (Lipinski definition) is 1. The van der Waals surface area contributed by atoms with E-state index in [1.807, 2.05) is 25.1 Å². The number of benzene rings is 3. The van der Waals surface area contributed by atoms with E-state index in [2.05, 4.69) is 36.8 Å². The van der Waals surface area contributed by atoms with Crippen LogP contribution in [0.3, 0.4) is 0 Å². The molecule has 4 aromatic rings. The molecule has 0 radical (unpaired) electrons. The van der Waals surface area contributed by atoms with Crippen molar-refractivity contribution in [2.24, 2.45) is 0 Å². The van der Waals surface area contributed by atoms with Crippen molar-refractivity contribution in [3.05, 3.63) is 81.9 Å². The largest absolute Gasteiger partial charge is 0.493 e. The maximum Gasteiger partial charge on any atom is 0.281 e. The number of halogens is 1. The van der Waals surface area contributed by atoms with Gasteiger partial charge in [0.2, 0.25) is 0 Å². The summed E-state index contributed by atoms with van der Waals surface area (Å²) in [5.41, 5.74) is 2.83. The highest BCUT2D eigenvalue weighted by atomic mass is 19.1. The van der Waals surface area contributed by atoms with Crippen molar-refractivity contribution in [3.8, 4) is 28.6 Å². The van der Waals surface area contributed by atoms with E-state index in [1.54, 1.807) is 12.1 Å². The predicted molar refractivity (Wildman–Crippen MR) is 124 cm³/mol. The molecular formula is C26H25FN2O3. The molecule has 0 fully saturated rings. The van der Waals surface area contributed by atoms with Gasteiger partial charge in [0, 0.05) is 6.07 Å². The summed E-state index contributed by atoms with van der Waals surface area (Å²) < 4.78 is 25.3. The predicted octanol–water partition coefficient (Wildman–Crippen LogP) is 6.14. The van der Waals surface area contributed by atoms with Gasteiger partial charge in [-0.1, -0.05) is 39.0 Å². The minimum Gasteiger partial charge on any atom is -0.493 e. The van der Waals surface area contributed by atoms with E-state index in [0.717, 1.165) is 11.1 Å². The van der Waals surface area contributed by atoms with Gasteiger partial charge >= 0.3 is 0 Å². The zero-order chi connectivity index (χ0) is 23.0. The van der Waals surface area contributed by atoms with Gasteiger partial charge in [0.25, 0.3) is 5.56 Å². The van der Waals surface area contributed by atoms with E-state index in [4.69, 9.17) is 9.47 Å². The van der Waals surface area contributed by atoms with Crippen LogP contribution in [0.25, 0.3) is 22.3 Å². The third-order valence-corrected chi connectivity index (χ3v) is 5.37. The molecule has 164 valence electrons. The molecule has 5 nitrogen and oxygen atoms in total. The SMILES string of the molecule is COc1cc(F)ccc1Oc1cc(C(C)(C)C)cc(C)c1-c1nc(=O)c2ccccc2[nH]1. The number of fused-ring (bicyclic) bond motifs is 1. The summed E-state index contributed by atoms with van der Waals surface area (Å²) in [6.07, 6.45) is 0. The molecule has 6 heteroatoms. The van der Waals surface area contributed by atoms with Gasteiger partial charge in [-0.25, -0.2) is 4.39 Å². The summed E-state index contributed by atoms with van der Waals surface area (Å²) in [4.78, 5) is 20.2. The first-order chi connectivity index (χ1) is 15.2. The van der Waals surface area contributed by atoms with Gasteiger partial charge in [-0.15, -0.1) is 0 Å². The molecule has 0 aliphatic heterocycles. The summed E-state index contributed by atoms with van der Waals surface area (Å²) in [7, 11) is 1.46. The van der Waals surface area contributed by atoms with Gasteiger partial charge in [0.15, 0.2) is 11.5 Å². The Kier molecular flexibility index (Phi) is 5.46. The summed E-state index contributed by atoms with van der Waals surface area (Å²) in [5.74, 6) is 1.12. The van der Waals surface area contributed by atoms with Gasteiger partial charge in [0.05, 0.1) is 23.6 Å². The summed E-state index contributed by atoms with van der Waals surface area (Å²) in [6.45, 7) is 8.29. The molecule has 32 heavy (non-hydrogen) atoms. The van der Waals surface area contributed by atoms with Crippen molar-refractivity contribution in [3.63, 3.8) is 0 Å². The Morgan fingerprint density at radius 2 is 1.72 bits per heavy atom.